The minimum atomic E-state index is -0.518. The number of benzene rings is 2. The minimum Gasteiger partial charge on any atom is -0.484 e. The fourth-order valence-electron chi connectivity index (χ4n) is 1.92. The second kappa shape index (κ2) is 7.65. The van der Waals surface area contributed by atoms with Crippen molar-refractivity contribution in [3.8, 4) is 5.75 Å². The van der Waals surface area contributed by atoms with Crippen LogP contribution in [0, 0.1) is 6.92 Å². The number of anilines is 1. The number of para-hydroxylation sites is 1. The van der Waals surface area contributed by atoms with Crippen molar-refractivity contribution in [2.75, 3.05) is 19.0 Å². The SMILES string of the molecule is COC(=O)c1ccccc1NC(=O)COc1ccc(Cl)c(C)c1. The summed E-state index contributed by atoms with van der Waals surface area (Å²) in [5.41, 5.74) is 1.52. The summed E-state index contributed by atoms with van der Waals surface area (Å²) >= 11 is 5.93. The Morgan fingerprint density at radius 2 is 1.91 bits per heavy atom. The third-order valence-electron chi connectivity index (χ3n) is 3.11. The molecule has 0 unspecified atom stereocenters. The summed E-state index contributed by atoms with van der Waals surface area (Å²) in [6.45, 7) is 1.67. The Hall–Kier alpha value is -2.53. The highest BCUT2D eigenvalue weighted by molar-refractivity contribution is 6.31. The average Bonchev–Trinajstić information content (AvgIpc) is 2.55. The molecular formula is C17H16ClNO4. The lowest BCUT2D eigenvalue weighted by Crippen LogP contribution is -2.21. The van der Waals surface area contributed by atoms with Crippen LogP contribution < -0.4 is 10.1 Å². The van der Waals surface area contributed by atoms with Crippen LogP contribution in [0.1, 0.15) is 15.9 Å². The molecule has 1 amide bonds. The zero-order chi connectivity index (χ0) is 16.8. The molecule has 0 atom stereocenters. The number of methoxy groups -OCH3 is 1. The van der Waals surface area contributed by atoms with Crippen molar-refractivity contribution in [1.82, 2.24) is 0 Å². The Kier molecular flexibility index (Phi) is 5.60. The number of esters is 1. The third-order valence-corrected chi connectivity index (χ3v) is 3.53. The molecule has 5 nitrogen and oxygen atoms in total. The fraction of sp³-hybridized carbons (Fsp3) is 0.176. The number of halogens is 1. The van der Waals surface area contributed by atoms with E-state index in [2.05, 4.69) is 10.1 Å². The summed E-state index contributed by atoms with van der Waals surface area (Å²) in [6.07, 6.45) is 0. The summed E-state index contributed by atoms with van der Waals surface area (Å²) < 4.78 is 10.1. The molecule has 0 aliphatic carbocycles. The number of hydrogen-bond acceptors (Lipinski definition) is 4. The molecule has 23 heavy (non-hydrogen) atoms. The first-order valence-electron chi connectivity index (χ1n) is 6.87. The van der Waals surface area contributed by atoms with E-state index in [9.17, 15) is 9.59 Å². The highest BCUT2D eigenvalue weighted by atomic mass is 35.5. The van der Waals surface area contributed by atoms with Crippen LogP contribution in [-0.4, -0.2) is 25.6 Å². The van der Waals surface area contributed by atoms with Gasteiger partial charge in [-0.05, 0) is 42.8 Å². The molecule has 0 radical (unpaired) electrons. The first-order valence-corrected chi connectivity index (χ1v) is 7.25. The number of rotatable bonds is 5. The van der Waals surface area contributed by atoms with Gasteiger partial charge in [0.1, 0.15) is 5.75 Å². The van der Waals surface area contributed by atoms with E-state index in [1.54, 1.807) is 42.5 Å². The molecule has 0 heterocycles. The number of carbonyl (C=O) groups excluding carboxylic acids is 2. The molecule has 0 fully saturated rings. The number of ether oxygens (including phenoxy) is 2. The van der Waals surface area contributed by atoms with Crippen LogP contribution in [0.4, 0.5) is 5.69 Å². The van der Waals surface area contributed by atoms with Gasteiger partial charge in [-0.25, -0.2) is 4.79 Å². The predicted molar refractivity (Wildman–Crippen MR) is 88.1 cm³/mol. The molecule has 2 aromatic carbocycles. The fourth-order valence-corrected chi connectivity index (χ4v) is 2.04. The Morgan fingerprint density at radius 3 is 2.61 bits per heavy atom. The molecule has 0 saturated heterocycles. The van der Waals surface area contributed by atoms with E-state index < -0.39 is 5.97 Å². The molecule has 2 rings (SSSR count). The minimum absolute atomic E-state index is 0.184. The number of nitrogens with one attached hydrogen (secondary N) is 1. The monoisotopic (exact) mass is 333 g/mol. The zero-order valence-electron chi connectivity index (χ0n) is 12.8. The molecule has 0 bridgehead atoms. The maximum absolute atomic E-state index is 12.0. The summed E-state index contributed by atoms with van der Waals surface area (Å²) in [5, 5.41) is 3.26. The lowest BCUT2D eigenvalue weighted by atomic mass is 10.2. The van der Waals surface area contributed by atoms with Crippen molar-refractivity contribution < 1.29 is 19.1 Å². The third kappa shape index (κ3) is 4.47. The predicted octanol–water partition coefficient (Wildman–Crippen LogP) is 3.45. The van der Waals surface area contributed by atoms with Gasteiger partial charge >= 0.3 is 5.97 Å². The highest BCUT2D eigenvalue weighted by Gasteiger charge is 2.13. The second-order valence-corrected chi connectivity index (χ2v) is 5.19. The van der Waals surface area contributed by atoms with Crippen molar-refractivity contribution in [1.29, 1.82) is 0 Å². The van der Waals surface area contributed by atoms with E-state index in [4.69, 9.17) is 16.3 Å². The maximum Gasteiger partial charge on any atom is 0.339 e. The van der Waals surface area contributed by atoms with Gasteiger partial charge in [-0.1, -0.05) is 23.7 Å². The van der Waals surface area contributed by atoms with Gasteiger partial charge in [0, 0.05) is 5.02 Å². The lowest BCUT2D eigenvalue weighted by molar-refractivity contribution is -0.118. The lowest BCUT2D eigenvalue weighted by Gasteiger charge is -2.11. The number of aryl methyl sites for hydroxylation is 1. The van der Waals surface area contributed by atoms with Gasteiger partial charge in [0.05, 0.1) is 18.4 Å². The largest absolute Gasteiger partial charge is 0.484 e. The van der Waals surface area contributed by atoms with Crippen molar-refractivity contribution in [3.05, 3.63) is 58.6 Å². The number of carbonyl (C=O) groups is 2. The molecule has 0 saturated carbocycles. The van der Waals surface area contributed by atoms with Crippen molar-refractivity contribution >= 4 is 29.2 Å². The van der Waals surface area contributed by atoms with Gasteiger partial charge in [-0.3, -0.25) is 4.79 Å². The van der Waals surface area contributed by atoms with E-state index in [0.717, 1.165) is 5.56 Å². The Bertz CT molecular complexity index is 730. The first-order chi connectivity index (χ1) is 11.0. The molecule has 2 aromatic rings. The molecule has 6 heteroatoms. The molecule has 0 spiro atoms. The van der Waals surface area contributed by atoms with Gasteiger partial charge in [-0.2, -0.15) is 0 Å². The van der Waals surface area contributed by atoms with E-state index >= 15 is 0 Å². The average molecular weight is 334 g/mol. The molecule has 1 N–H and O–H groups in total. The first kappa shape index (κ1) is 16.8. The molecule has 120 valence electrons. The molecule has 0 aliphatic rings. The topological polar surface area (TPSA) is 64.6 Å². The van der Waals surface area contributed by atoms with E-state index in [-0.39, 0.29) is 18.1 Å². The summed E-state index contributed by atoms with van der Waals surface area (Å²) in [7, 11) is 1.28. The quantitative estimate of drug-likeness (QED) is 0.851. The van der Waals surface area contributed by atoms with E-state index in [1.165, 1.54) is 7.11 Å². The normalized spacial score (nSPS) is 10.0. The van der Waals surface area contributed by atoms with Gasteiger partial charge in [0.2, 0.25) is 0 Å². The highest BCUT2D eigenvalue weighted by Crippen LogP contribution is 2.21. The number of hydrogen-bond donors (Lipinski definition) is 1. The van der Waals surface area contributed by atoms with Gasteiger partial charge in [0.15, 0.2) is 6.61 Å². The second-order valence-electron chi connectivity index (χ2n) is 4.79. The standard InChI is InChI=1S/C17H16ClNO4/c1-11-9-12(7-8-14(11)18)23-10-16(20)19-15-6-4-3-5-13(15)17(21)22-2/h3-9H,10H2,1-2H3,(H,19,20). The van der Waals surface area contributed by atoms with Crippen LogP contribution in [0.5, 0.6) is 5.75 Å². The van der Waals surface area contributed by atoms with Crippen molar-refractivity contribution in [2.24, 2.45) is 0 Å². The van der Waals surface area contributed by atoms with Crippen molar-refractivity contribution in [2.45, 2.75) is 6.92 Å². The summed E-state index contributed by atoms with van der Waals surface area (Å²) in [5.74, 6) is -0.354. The molecular weight excluding hydrogens is 318 g/mol. The van der Waals surface area contributed by atoms with Gasteiger partial charge in [0.25, 0.3) is 5.91 Å². The van der Waals surface area contributed by atoms with E-state index in [0.29, 0.717) is 16.5 Å². The van der Waals surface area contributed by atoms with E-state index in [1.807, 2.05) is 6.92 Å². The summed E-state index contributed by atoms with van der Waals surface area (Å²) in [4.78, 5) is 23.6. The van der Waals surface area contributed by atoms with Crippen LogP contribution in [0.2, 0.25) is 5.02 Å². The summed E-state index contributed by atoms with van der Waals surface area (Å²) in [6, 6.07) is 11.7. The molecule has 0 aliphatic heterocycles. The molecule has 0 aromatic heterocycles. The Labute approximate surface area is 139 Å². The zero-order valence-corrected chi connectivity index (χ0v) is 13.5. The number of amides is 1. The van der Waals surface area contributed by atoms with Gasteiger partial charge < -0.3 is 14.8 Å². The van der Waals surface area contributed by atoms with Crippen LogP contribution in [0.25, 0.3) is 0 Å². The van der Waals surface area contributed by atoms with Crippen LogP contribution >= 0.6 is 11.6 Å². The maximum atomic E-state index is 12.0. The van der Waals surface area contributed by atoms with Crippen LogP contribution in [0.3, 0.4) is 0 Å². The Morgan fingerprint density at radius 1 is 1.17 bits per heavy atom. The smallest absolute Gasteiger partial charge is 0.339 e. The van der Waals surface area contributed by atoms with Crippen LogP contribution in [-0.2, 0) is 9.53 Å². The van der Waals surface area contributed by atoms with Crippen molar-refractivity contribution in [3.63, 3.8) is 0 Å². The van der Waals surface area contributed by atoms with Crippen LogP contribution in [0.15, 0.2) is 42.5 Å². The van der Waals surface area contributed by atoms with Gasteiger partial charge in [-0.15, -0.1) is 0 Å². The Balaban J connectivity index is 2.00.